The molecule has 7 heteroatoms. The van der Waals surface area contributed by atoms with E-state index in [4.69, 9.17) is 32.9 Å². The van der Waals surface area contributed by atoms with Gasteiger partial charge in [0, 0.05) is 20.5 Å². The molecule has 4 rings (SSSR count). The lowest BCUT2D eigenvalue weighted by Gasteiger charge is -2.12. The lowest BCUT2D eigenvalue weighted by molar-refractivity contribution is 0.340. The van der Waals surface area contributed by atoms with Crippen LogP contribution < -0.4 is 10.3 Å². The normalized spacial score (nSPS) is 11.2. The van der Waals surface area contributed by atoms with Crippen LogP contribution in [0.1, 0.15) is 23.2 Å². The summed E-state index contributed by atoms with van der Waals surface area (Å²) in [5.74, 6) is 1.46. The van der Waals surface area contributed by atoms with Crippen molar-refractivity contribution in [3.63, 3.8) is 0 Å². The van der Waals surface area contributed by atoms with Crippen LogP contribution in [0.15, 0.2) is 47.3 Å². The summed E-state index contributed by atoms with van der Waals surface area (Å²) in [6.07, 6.45) is 0. The molecule has 2 aromatic carbocycles. The molecule has 0 bridgehead atoms. The van der Waals surface area contributed by atoms with E-state index in [1.54, 1.807) is 16.7 Å². The van der Waals surface area contributed by atoms with E-state index in [-0.39, 0.29) is 5.56 Å². The van der Waals surface area contributed by atoms with Gasteiger partial charge in [0.1, 0.15) is 16.4 Å². The average molecular weight is 459 g/mol. The van der Waals surface area contributed by atoms with E-state index in [1.165, 1.54) is 11.3 Å². The summed E-state index contributed by atoms with van der Waals surface area (Å²) in [5, 5.41) is 1.73. The van der Waals surface area contributed by atoms with Crippen molar-refractivity contribution in [1.82, 2.24) is 9.55 Å². The molecule has 0 unspecified atom stereocenters. The van der Waals surface area contributed by atoms with Crippen molar-refractivity contribution in [3.8, 4) is 16.9 Å². The summed E-state index contributed by atoms with van der Waals surface area (Å²) in [7, 11) is 0. The lowest BCUT2D eigenvalue weighted by Crippen LogP contribution is -2.24. The van der Waals surface area contributed by atoms with Crippen LogP contribution >= 0.6 is 34.5 Å². The molecule has 2 heterocycles. The van der Waals surface area contributed by atoms with Crippen molar-refractivity contribution in [2.75, 3.05) is 6.61 Å². The molecule has 0 amide bonds. The Morgan fingerprint density at radius 1 is 1.10 bits per heavy atom. The molecule has 0 fully saturated rings. The van der Waals surface area contributed by atoms with Crippen LogP contribution in [0.5, 0.6) is 5.75 Å². The van der Waals surface area contributed by atoms with E-state index in [2.05, 4.69) is 0 Å². The zero-order chi connectivity index (χ0) is 21.4. The van der Waals surface area contributed by atoms with Crippen LogP contribution in [0.2, 0.25) is 10.0 Å². The number of fused-ring (bicyclic) bond motifs is 1. The molecule has 0 aliphatic carbocycles. The first kappa shape index (κ1) is 20.9. The van der Waals surface area contributed by atoms with Crippen molar-refractivity contribution >= 4 is 44.8 Å². The topological polar surface area (TPSA) is 44.1 Å². The second-order valence-electron chi connectivity index (χ2n) is 6.96. The predicted octanol–water partition coefficient (Wildman–Crippen LogP) is 6.50. The van der Waals surface area contributed by atoms with Gasteiger partial charge in [-0.05, 0) is 56.2 Å². The summed E-state index contributed by atoms with van der Waals surface area (Å²) < 4.78 is 7.21. The highest BCUT2D eigenvalue weighted by Crippen LogP contribution is 2.36. The summed E-state index contributed by atoms with van der Waals surface area (Å²) >= 11 is 13.9. The first-order valence-electron chi connectivity index (χ1n) is 9.56. The monoisotopic (exact) mass is 458 g/mol. The van der Waals surface area contributed by atoms with Crippen molar-refractivity contribution in [2.45, 2.75) is 27.3 Å². The number of halogens is 2. The second kappa shape index (κ2) is 8.42. The van der Waals surface area contributed by atoms with Crippen molar-refractivity contribution in [3.05, 3.63) is 79.1 Å². The number of ether oxygens (including phenoxy) is 1. The first-order chi connectivity index (χ1) is 14.4. The molecule has 0 radical (unpaired) electrons. The average Bonchev–Trinajstić information content (AvgIpc) is 3.03. The van der Waals surface area contributed by atoms with Gasteiger partial charge in [0.2, 0.25) is 0 Å². The van der Waals surface area contributed by atoms with Gasteiger partial charge in [-0.3, -0.25) is 9.36 Å². The number of rotatable bonds is 5. The molecule has 0 N–H and O–H groups in total. The number of nitrogens with zero attached hydrogens (tertiary/aromatic N) is 2. The molecule has 154 valence electrons. The molecule has 0 aliphatic heterocycles. The second-order valence-corrected chi connectivity index (χ2v) is 9.00. The molecule has 0 saturated carbocycles. The van der Waals surface area contributed by atoms with Crippen molar-refractivity contribution in [2.24, 2.45) is 0 Å². The van der Waals surface area contributed by atoms with Gasteiger partial charge in [-0.1, -0.05) is 41.4 Å². The predicted molar refractivity (Wildman–Crippen MR) is 126 cm³/mol. The lowest BCUT2D eigenvalue weighted by atomic mass is 10.0. The van der Waals surface area contributed by atoms with Crippen LogP contribution in [0.3, 0.4) is 0 Å². The molecule has 4 aromatic rings. The van der Waals surface area contributed by atoms with Gasteiger partial charge in [0.15, 0.2) is 0 Å². The van der Waals surface area contributed by atoms with Gasteiger partial charge in [0.25, 0.3) is 5.56 Å². The Labute approximate surface area is 188 Å². The highest BCUT2D eigenvalue weighted by molar-refractivity contribution is 7.19. The summed E-state index contributed by atoms with van der Waals surface area (Å²) in [5.41, 5.74) is 2.64. The van der Waals surface area contributed by atoms with E-state index in [9.17, 15) is 4.79 Å². The Balaban J connectivity index is 1.86. The third kappa shape index (κ3) is 3.85. The van der Waals surface area contributed by atoms with E-state index >= 15 is 0 Å². The summed E-state index contributed by atoms with van der Waals surface area (Å²) in [6.45, 7) is 6.76. The quantitative estimate of drug-likeness (QED) is 0.342. The Hall–Kier alpha value is -2.34. The zero-order valence-corrected chi connectivity index (χ0v) is 19.2. The van der Waals surface area contributed by atoms with Gasteiger partial charge in [0.05, 0.1) is 18.5 Å². The first-order valence-corrected chi connectivity index (χ1v) is 11.1. The molecule has 2 aromatic heterocycles. The molecule has 0 aliphatic rings. The minimum atomic E-state index is -0.0725. The van der Waals surface area contributed by atoms with E-state index in [0.29, 0.717) is 34.4 Å². The SMILES string of the molecule is CCOc1ccc(-c2c(C)sc3nc(C)n(Cc4ccc(Cl)cc4Cl)c(=O)c23)cc1. The van der Waals surface area contributed by atoms with Gasteiger partial charge in [-0.15, -0.1) is 11.3 Å². The number of aryl methyl sites for hydroxylation is 2. The standard InChI is InChI=1S/C23H20Cl2N2O2S/c1-4-29-18-9-6-15(7-10-18)20-13(2)30-22-21(20)23(28)27(14(3)26-22)12-16-5-8-17(24)11-19(16)25/h5-11H,4,12H2,1-3H3. The molecule has 0 spiro atoms. The van der Waals surface area contributed by atoms with Crippen molar-refractivity contribution < 1.29 is 4.74 Å². The number of hydrogen-bond acceptors (Lipinski definition) is 4. The van der Waals surface area contributed by atoms with Crippen LogP contribution in [0.25, 0.3) is 21.3 Å². The number of thiophene rings is 1. The van der Waals surface area contributed by atoms with Crippen molar-refractivity contribution in [1.29, 1.82) is 0 Å². The Kier molecular flexibility index (Phi) is 5.87. The fraction of sp³-hybridized carbons (Fsp3) is 0.217. The van der Waals surface area contributed by atoms with Gasteiger partial charge >= 0.3 is 0 Å². The molecule has 0 saturated heterocycles. The van der Waals surface area contributed by atoms with Crippen LogP contribution in [-0.2, 0) is 6.54 Å². The largest absolute Gasteiger partial charge is 0.494 e. The summed E-state index contributed by atoms with van der Waals surface area (Å²) in [6, 6.07) is 13.1. The van der Waals surface area contributed by atoms with E-state index in [1.807, 2.05) is 51.1 Å². The van der Waals surface area contributed by atoms with Gasteiger partial charge < -0.3 is 4.74 Å². The van der Waals surface area contributed by atoms with E-state index in [0.717, 1.165) is 32.1 Å². The van der Waals surface area contributed by atoms with Crippen LogP contribution in [-0.4, -0.2) is 16.2 Å². The maximum Gasteiger partial charge on any atom is 0.263 e. The van der Waals surface area contributed by atoms with Gasteiger partial charge in [-0.2, -0.15) is 0 Å². The Morgan fingerprint density at radius 2 is 1.83 bits per heavy atom. The molecule has 0 atom stereocenters. The number of hydrogen-bond donors (Lipinski definition) is 0. The van der Waals surface area contributed by atoms with Gasteiger partial charge in [-0.25, -0.2) is 4.98 Å². The summed E-state index contributed by atoms with van der Waals surface area (Å²) in [4.78, 5) is 20.1. The highest BCUT2D eigenvalue weighted by Gasteiger charge is 2.19. The maximum absolute atomic E-state index is 13.5. The molecule has 30 heavy (non-hydrogen) atoms. The minimum Gasteiger partial charge on any atom is -0.494 e. The van der Waals surface area contributed by atoms with Crippen LogP contribution in [0.4, 0.5) is 0 Å². The highest BCUT2D eigenvalue weighted by atomic mass is 35.5. The Bertz CT molecular complexity index is 1290. The fourth-order valence-corrected chi connectivity index (χ4v) is 5.08. The number of benzene rings is 2. The van der Waals surface area contributed by atoms with E-state index < -0.39 is 0 Å². The molecular weight excluding hydrogens is 439 g/mol. The molecular formula is C23H20Cl2N2O2S. The zero-order valence-electron chi connectivity index (χ0n) is 16.8. The Morgan fingerprint density at radius 3 is 2.50 bits per heavy atom. The molecule has 4 nitrogen and oxygen atoms in total. The minimum absolute atomic E-state index is 0.0725. The third-order valence-electron chi connectivity index (χ3n) is 4.98. The smallest absolute Gasteiger partial charge is 0.263 e. The number of aromatic nitrogens is 2. The fourth-order valence-electron chi connectivity index (χ4n) is 3.53. The van der Waals surface area contributed by atoms with Crippen LogP contribution in [0, 0.1) is 13.8 Å². The maximum atomic E-state index is 13.5. The third-order valence-corrected chi connectivity index (χ3v) is 6.56.